The lowest BCUT2D eigenvalue weighted by molar-refractivity contribution is -0.137. The molecule has 2 aromatic carbocycles. The first-order valence-electron chi connectivity index (χ1n) is 5.87. The van der Waals surface area contributed by atoms with E-state index in [9.17, 15) is 13.2 Å². The van der Waals surface area contributed by atoms with Crippen LogP contribution in [0.15, 0.2) is 53.5 Å². The molecule has 0 radical (unpaired) electrons. The van der Waals surface area contributed by atoms with Crippen LogP contribution >= 0.6 is 0 Å². The lowest BCUT2D eigenvalue weighted by atomic mass is 10.0. The van der Waals surface area contributed by atoms with Gasteiger partial charge in [0.15, 0.2) is 0 Å². The average molecular weight is 261 g/mol. The van der Waals surface area contributed by atoms with Crippen LogP contribution in [-0.4, -0.2) is 5.71 Å². The van der Waals surface area contributed by atoms with E-state index in [4.69, 9.17) is 0 Å². The van der Waals surface area contributed by atoms with Crippen LogP contribution < -0.4 is 0 Å². The molecule has 0 aliphatic carbocycles. The van der Waals surface area contributed by atoms with Gasteiger partial charge in [0.25, 0.3) is 0 Å². The van der Waals surface area contributed by atoms with Crippen LogP contribution in [0.5, 0.6) is 0 Å². The highest BCUT2D eigenvalue weighted by atomic mass is 19.4. The van der Waals surface area contributed by atoms with Crippen LogP contribution in [0.1, 0.15) is 16.7 Å². The van der Waals surface area contributed by atoms with Crippen molar-refractivity contribution in [3.8, 4) is 0 Å². The second-order valence-corrected chi connectivity index (χ2v) is 4.44. The summed E-state index contributed by atoms with van der Waals surface area (Å²) in [5, 5.41) is 0. The van der Waals surface area contributed by atoms with Gasteiger partial charge in [-0.15, -0.1) is 0 Å². The molecular formula is C15H10F3N. The Morgan fingerprint density at radius 1 is 0.895 bits per heavy atom. The molecule has 0 atom stereocenters. The van der Waals surface area contributed by atoms with Crippen LogP contribution in [0, 0.1) is 0 Å². The van der Waals surface area contributed by atoms with Gasteiger partial charge in [0.2, 0.25) is 0 Å². The molecule has 3 rings (SSSR count). The number of para-hydroxylation sites is 1. The summed E-state index contributed by atoms with van der Waals surface area (Å²) in [6.07, 6.45) is -3.62. The number of fused-ring (bicyclic) bond motifs is 1. The van der Waals surface area contributed by atoms with Gasteiger partial charge >= 0.3 is 6.18 Å². The van der Waals surface area contributed by atoms with Crippen molar-refractivity contribution >= 4 is 11.4 Å². The molecule has 0 saturated carbocycles. The Morgan fingerprint density at radius 3 is 2.21 bits per heavy atom. The van der Waals surface area contributed by atoms with Crippen molar-refractivity contribution in [3.63, 3.8) is 0 Å². The predicted molar refractivity (Wildman–Crippen MR) is 67.8 cm³/mol. The third kappa shape index (κ3) is 2.26. The summed E-state index contributed by atoms with van der Waals surface area (Å²) < 4.78 is 37.4. The molecule has 0 amide bonds. The highest BCUT2D eigenvalue weighted by molar-refractivity contribution is 6.06. The molecule has 1 aliphatic heterocycles. The molecule has 2 aromatic rings. The number of halogens is 3. The van der Waals surface area contributed by atoms with E-state index in [1.165, 1.54) is 12.1 Å². The second kappa shape index (κ2) is 4.23. The molecule has 96 valence electrons. The van der Waals surface area contributed by atoms with E-state index in [1.807, 2.05) is 24.3 Å². The summed E-state index contributed by atoms with van der Waals surface area (Å²) >= 11 is 0. The van der Waals surface area contributed by atoms with Crippen molar-refractivity contribution in [1.82, 2.24) is 0 Å². The van der Waals surface area contributed by atoms with Gasteiger partial charge in [-0.1, -0.05) is 30.3 Å². The largest absolute Gasteiger partial charge is 0.416 e. The third-order valence-electron chi connectivity index (χ3n) is 3.15. The zero-order valence-corrected chi connectivity index (χ0v) is 9.91. The Hall–Kier alpha value is -2.10. The Bertz CT molecular complexity index is 639. The van der Waals surface area contributed by atoms with Gasteiger partial charge in [-0.3, -0.25) is 4.99 Å². The van der Waals surface area contributed by atoms with E-state index >= 15 is 0 Å². The van der Waals surface area contributed by atoms with Crippen molar-refractivity contribution in [2.75, 3.05) is 0 Å². The Labute approximate surface area is 108 Å². The zero-order chi connectivity index (χ0) is 13.5. The number of nitrogens with zero attached hydrogens (tertiary/aromatic N) is 1. The van der Waals surface area contributed by atoms with Crippen LogP contribution in [0.3, 0.4) is 0 Å². The van der Waals surface area contributed by atoms with Crippen LogP contribution in [0.25, 0.3) is 0 Å². The number of alkyl halides is 3. The molecule has 1 aliphatic rings. The van der Waals surface area contributed by atoms with Gasteiger partial charge in [-0.25, -0.2) is 0 Å². The first-order chi connectivity index (χ1) is 9.04. The van der Waals surface area contributed by atoms with E-state index in [1.54, 1.807) is 0 Å². The fourth-order valence-corrected chi connectivity index (χ4v) is 2.15. The molecule has 0 saturated heterocycles. The first kappa shape index (κ1) is 12.0. The topological polar surface area (TPSA) is 12.4 Å². The lowest BCUT2D eigenvalue weighted by Gasteiger charge is -2.07. The maximum absolute atomic E-state index is 12.5. The van der Waals surface area contributed by atoms with E-state index in [0.29, 0.717) is 6.42 Å². The van der Waals surface area contributed by atoms with Crippen molar-refractivity contribution in [3.05, 3.63) is 65.2 Å². The minimum Gasteiger partial charge on any atom is -0.252 e. The van der Waals surface area contributed by atoms with E-state index < -0.39 is 11.7 Å². The fourth-order valence-electron chi connectivity index (χ4n) is 2.15. The monoisotopic (exact) mass is 261 g/mol. The number of hydrogen-bond donors (Lipinski definition) is 0. The molecule has 0 fully saturated rings. The molecule has 0 unspecified atom stereocenters. The Kier molecular flexibility index (Phi) is 2.66. The van der Waals surface area contributed by atoms with Crippen molar-refractivity contribution < 1.29 is 13.2 Å². The Balaban J connectivity index is 1.90. The van der Waals surface area contributed by atoms with Gasteiger partial charge in [-0.05, 0) is 29.3 Å². The second-order valence-electron chi connectivity index (χ2n) is 4.44. The standard InChI is InChI=1S/C15H10F3N/c16-15(17,18)12-7-5-10(6-8-12)14-9-11-3-1-2-4-13(11)19-14/h1-8H,9H2. The van der Waals surface area contributed by atoms with Crippen molar-refractivity contribution in [2.45, 2.75) is 12.6 Å². The fraction of sp³-hybridized carbons (Fsp3) is 0.133. The van der Waals surface area contributed by atoms with Crippen LogP contribution in [-0.2, 0) is 12.6 Å². The Morgan fingerprint density at radius 2 is 1.58 bits per heavy atom. The zero-order valence-electron chi connectivity index (χ0n) is 9.91. The molecular weight excluding hydrogens is 251 g/mol. The molecule has 19 heavy (non-hydrogen) atoms. The van der Waals surface area contributed by atoms with Crippen LogP contribution in [0.2, 0.25) is 0 Å². The van der Waals surface area contributed by atoms with E-state index in [-0.39, 0.29) is 0 Å². The SMILES string of the molecule is FC(F)(F)c1ccc(C2=Nc3ccccc3C2)cc1. The summed E-state index contributed by atoms with van der Waals surface area (Å²) in [6, 6.07) is 12.9. The number of rotatable bonds is 1. The molecule has 0 N–H and O–H groups in total. The van der Waals surface area contributed by atoms with E-state index in [0.717, 1.165) is 34.7 Å². The number of benzene rings is 2. The van der Waals surface area contributed by atoms with Crippen molar-refractivity contribution in [2.24, 2.45) is 4.99 Å². The highest BCUT2D eigenvalue weighted by Gasteiger charge is 2.30. The molecule has 0 aromatic heterocycles. The third-order valence-corrected chi connectivity index (χ3v) is 3.15. The van der Waals surface area contributed by atoms with E-state index in [2.05, 4.69) is 4.99 Å². The summed E-state index contributed by atoms with van der Waals surface area (Å²) in [5.74, 6) is 0. The summed E-state index contributed by atoms with van der Waals surface area (Å²) in [5.41, 5.74) is 2.93. The lowest BCUT2D eigenvalue weighted by Crippen LogP contribution is -2.06. The number of aliphatic imine (C=N–C) groups is 1. The smallest absolute Gasteiger partial charge is 0.252 e. The molecule has 1 heterocycles. The maximum atomic E-state index is 12.5. The minimum atomic E-state index is -4.29. The van der Waals surface area contributed by atoms with Gasteiger partial charge in [0.1, 0.15) is 0 Å². The van der Waals surface area contributed by atoms with Gasteiger partial charge in [0.05, 0.1) is 17.0 Å². The number of hydrogen-bond acceptors (Lipinski definition) is 1. The van der Waals surface area contributed by atoms with Gasteiger partial charge < -0.3 is 0 Å². The average Bonchev–Trinajstić information content (AvgIpc) is 2.81. The molecule has 0 spiro atoms. The summed E-state index contributed by atoms with van der Waals surface area (Å²) in [6.45, 7) is 0. The quantitative estimate of drug-likeness (QED) is 0.722. The minimum absolute atomic E-state index is 0.632. The maximum Gasteiger partial charge on any atom is 0.416 e. The molecule has 4 heteroatoms. The molecule has 1 nitrogen and oxygen atoms in total. The summed E-state index contributed by atoms with van der Waals surface area (Å²) in [4.78, 5) is 4.45. The van der Waals surface area contributed by atoms with Crippen molar-refractivity contribution in [1.29, 1.82) is 0 Å². The summed E-state index contributed by atoms with van der Waals surface area (Å²) in [7, 11) is 0. The molecule has 0 bridgehead atoms. The predicted octanol–water partition coefficient (Wildman–Crippen LogP) is 4.38. The highest BCUT2D eigenvalue weighted by Crippen LogP contribution is 2.31. The van der Waals surface area contributed by atoms with Crippen LogP contribution in [0.4, 0.5) is 18.9 Å². The first-order valence-corrected chi connectivity index (χ1v) is 5.87. The normalized spacial score (nSPS) is 14.2. The van der Waals surface area contributed by atoms with Gasteiger partial charge in [-0.2, -0.15) is 13.2 Å². The van der Waals surface area contributed by atoms with Gasteiger partial charge in [0, 0.05) is 6.42 Å².